The van der Waals surface area contributed by atoms with E-state index in [0.29, 0.717) is 5.56 Å². The van der Waals surface area contributed by atoms with Gasteiger partial charge in [0.25, 0.3) is 0 Å². The van der Waals surface area contributed by atoms with E-state index in [-0.39, 0.29) is 19.6 Å². The zero-order valence-electron chi connectivity index (χ0n) is 18.5. The highest BCUT2D eigenvalue weighted by Gasteiger charge is 2.57. The van der Waals surface area contributed by atoms with Gasteiger partial charge in [0.1, 0.15) is 5.92 Å². The number of anilines is 1. The van der Waals surface area contributed by atoms with Gasteiger partial charge >= 0.3 is 11.9 Å². The van der Waals surface area contributed by atoms with Crippen molar-refractivity contribution in [2.75, 3.05) is 31.2 Å². The Bertz CT molecular complexity index is 753. The van der Waals surface area contributed by atoms with E-state index in [9.17, 15) is 19.5 Å². The Labute approximate surface area is 178 Å². The molecule has 7 heteroatoms. The molecular formula is C23H33NO6. The molecule has 2 rings (SSSR count). The van der Waals surface area contributed by atoms with Crippen LogP contribution in [0.4, 0.5) is 5.69 Å². The molecule has 0 unspecified atom stereocenters. The average molecular weight is 420 g/mol. The summed E-state index contributed by atoms with van der Waals surface area (Å²) in [5, 5.41) is 11.0. The second-order valence-corrected chi connectivity index (χ2v) is 7.75. The van der Waals surface area contributed by atoms with Crippen molar-refractivity contribution in [2.45, 2.75) is 52.6 Å². The Kier molecular flexibility index (Phi) is 8.01. The number of rotatable bonds is 8. The monoisotopic (exact) mass is 419 g/mol. The highest BCUT2D eigenvalue weighted by Crippen LogP contribution is 2.47. The van der Waals surface area contributed by atoms with Gasteiger partial charge in [0.2, 0.25) is 0 Å². The second-order valence-electron chi connectivity index (χ2n) is 7.75. The first-order valence-electron chi connectivity index (χ1n) is 10.6. The van der Waals surface area contributed by atoms with Gasteiger partial charge < -0.3 is 19.5 Å². The Morgan fingerprint density at radius 2 is 1.57 bits per heavy atom. The summed E-state index contributed by atoms with van der Waals surface area (Å²) in [6, 6.07) is 7.43. The van der Waals surface area contributed by atoms with Crippen LogP contribution in [0.15, 0.2) is 24.3 Å². The second kappa shape index (κ2) is 10.1. The lowest BCUT2D eigenvalue weighted by atomic mass is 9.61. The van der Waals surface area contributed by atoms with Gasteiger partial charge in [-0.1, -0.05) is 12.1 Å². The lowest BCUT2D eigenvalue weighted by Gasteiger charge is -2.43. The summed E-state index contributed by atoms with van der Waals surface area (Å²) in [4.78, 5) is 40.6. The summed E-state index contributed by atoms with van der Waals surface area (Å²) in [6.07, 6.45) is -0.312. The van der Waals surface area contributed by atoms with Gasteiger partial charge in [0.15, 0.2) is 5.78 Å². The Balaban J connectivity index is 2.57. The number of carbonyl (C=O) groups is 3. The highest BCUT2D eigenvalue weighted by atomic mass is 16.5. The standard InChI is InChI=1S/C23H33NO6/c1-6-24(7-2)16-12-10-15(11-13-16)18-19(21(26)29-8-3)17(25)14-23(5,28)20(18)22(27)30-9-4/h10-13,18-20,28H,6-9,14H2,1-5H3/t18-,19-,20+,23-/m1/s1. The molecule has 0 bridgehead atoms. The number of ketones is 1. The van der Waals surface area contributed by atoms with Crippen molar-refractivity contribution in [3.63, 3.8) is 0 Å². The molecule has 1 aliphatic rings. The quantitative estimate of drug-likeness (QED) is 0.511. The first kappa shape index (κ1) is 23.9. The molecule has 0 aliphatic heterocycles. The zero-order valence-corrected chi connectivity index (χ0v) is 18.5. The van der Waals surface area contributed by atoms with Crippen molar-refractivity contribution < 1.29 is 29.0 Å². The predicted octanol–water partition coefficient (Wildman–Crippen LogP) is 2.70. The van der Waals surface area contributed by atoms with Crippen molar-refractivity contribution in [2.24, 2.45) is 11.8 Å². The maximum Gasteiger partial charge on any atom is 0.317 e. The molecule has 1 aliphatic carbocycles. The zero-order chi connectivity index (χ0) is 22.5. The maximum atomic E-state index is 12.9. The van der Waals surface area contributed by atoms with E-state index in [1.54, 1.807) is 13.8 Å². The molecule has 0 saturated heterocycles. The summed E-state index contributed by atoms with van der Waals surface area (Å²) in [5.41, 5.74) is -0.0116. The van der Waals surface area contributed by atoms with Crippen molar-refractivity contribution in [1.29, 1.82) is 0 Å². The predicted molar refractivity (Wildman–Crippen MR) is 113 cm³/mol. The molecule has 30 heavy (non-hydrogen) atoms. The maximum absolute atomic E-state index is 12.9. The molecular weight excluding hydrogens is 386 g/mol. The van der Waals surface area contributed by atoms with E-state index < -0.39 is 41.1 Å². The van der Waals surface area contributed by atoms with Gasteiger partial charge in [-0.05, 0) is 52.3 Å². The minimum Gasteiger partial charge on any atom is -0.466 e. The van der Waals surface area contributed by atoms with Gasteiger partial charge in [-0.2, -0.15) is 0 Å². The number of carbonyl (C=O) groups excluding carboxylic acids is 3. The molecule has 0 amide bonds. The van der Waals surface area contributed by atoms with Crippen LogP contribution in [0.2, 0.25) is 0 Å². The largest absolute Gasteiger partial charge is 0.466 e. The molecule has 1 N–H and O–H groups in total. The molecule has 1 fully saturated rings. The molecule has 0 spiro atoms. The number of aliphatic hydroxyl groups is 1. The average Bonchev–Trinajstić information content (AvgIpc) is 2.68. The summed E-state index contributed by atoms with van der Waals surface area (Å²) >= 11 is 0. The highest BCUT2D eigenvalue weighted by molar-refractivity contribution is 6.02. The van der Waals surface area contributed by atoms with E-state index in [2.05, 4.69) is 18.7 Å². The third-order valence-corrected chi connectivity index (χ3v) is 5.75. The molecule has 0 aromatic heterocycles. The molecule has 1 saturated carbocycles. The number of nitrogens with zero attached hydrogens (tertiary/aromatic N) is 1. The molecule has 0 heterocycles. The van der Waals surface area contributed by atoms with E-state index in [1.165, 1.54) is 6.92 Å². The summed E-state index contributed by atoms with van der Waals surface area (Å²) in [5.74, 6) is -4.84. The first-order chi connectivity index (χ1) is 14.2. The number of benzene rings is 1. The number of hydrogen-bond donors (Lipinski definition) is 1. The van der Waals surface area contributed by atoms with Crippen LogP contribution >= 0.6 is 0 Å². The van der Waals surface area contributed by atoms with Crippen LogP contribution in [-0.2, 0) is 23.9 Å². The van der Waals surface area contributed by atoms with Gasteiger partial charge in [-0.25, -0.2) is 0 Å². The minimum absolute atomic E-state index is 0.122. The fourth-order valence-corrected chi connectivity index (χ4v) is 4.38. The minimum atomic E-state index is -1.63. The van der Waals surface area contributed by atoms with Gasteiger partial charge in [-0.15, -0.1) is 0 Å². The van der Waals surface area contributed by atoms with Crippen LogP contribution in [0.25, 0.3) is 0 Å². The third-order valence-electron chi connectivity index (χ3n) is 5.75. The molecule has 0 radical (unpaired) electrons. The summed E-state index contributed by atoms with van der Waals surface area (Å²) in [7, 11) is 0. The third kappa shape index (κ3) is 4.83. The van der Waals surface area contributed by atoms with Crippen LogP contribution in [0, 0.1) is 11.8 Å². The Hall–Kier alpha value is -2.41. The van der Waals surface area contributed by atoms with Crippen molar-refractivity contribution in [3.05, 3.63) is 29.8 Å². The fourth-order valence-electron chi connectivity index (χ4n) is 4.38. The Morgan fingerprint density at radius 1 is 1.03 bits per heavy atom. The number of ether oxygens (including phenoxy) is 2. The van der Waals surface area contributed by atoms with Gasteiger partial charge in [0.05, 0.1) is 24.7 Å². The van der Waals surface area contributed by atoms with Crippen LogP contribution in [0.1, 0.15) is 52.5 Å². The molecule has 1 aromatic carbocycles. The SMILES string of the molecule is CCOC(=O)[C@@H]1C(=O)C[C@@](C)(O)[C@H](C(=O)OCC)[C@@H]1c1ccc(N(CC)CC)cc1. The van der Waals surface area contributed by atoms with Crippen LogP contribution in [0.3, 0.4) is 0 Å². The molecule has 7 nitrogen and oxygen atoms in total. The van der Waals surface area contributed by atoms with E-state index in [1.807, 2.05) is 24.3 Å². The topological polar surface area (TPSA) is 93.1 Å². The van der Waals surface area contributed by atoms with Crippen molar-refractivity contribution in [1.82, 2.24) is 0 Å². The lowest BCUT2D eigenvalue weighted by molar-refractivity contribution is -0.172. The summed E-state index contributed by atoms with van der Waals surface area (Å²) in [6.45, 7) is 10.8. The molecule has 166 valence electrons. The number of Topliss-reactive ketones (excluding diaryl/α,β-unsaturated/α-hetero) is 1. The molecule has 4 atom stereocenters. The van der Waals surface area contributed by atoms with Crippen LogP contribution in [-0.4, -0.2) is 54.7 Å². The van der Waals surface area contributed by atoms with Crippen LogP contribution < -0.4 is 4.90 Å². The van der Waals surface area contributed by atoms with E-state index >= 15 is 0 Å². The van der Waals surface area contributed by atoms with E-state index in [4.69, 9.17) is 9.47 Å². The fraction of sp³-hybridized carbons (Fsp3) is 0.609. The van der Waals surface area contributed by atoms with Gasteiger partial charge in [-0.3, -0.25) is 14.4 Å². The first-order valence-corrected chi connectivity index (χ1v) is 10.6. The van der Waals surface area contributed by atoms with E-state index in [0.717, 1.165) is 18.8 Å². The number of hydrogen-bond acceptors (Lipinski definition) is 7. The van der Waals surface area contributed by atoms with Crippen molar-refractivity contribution in [3.8, 4) is 0 Å². The number of esters is 2. The normalized spacial score (nSPS) is 26.2. The molecule has 1 aromatic rings. The van der Waals surface area contributed by atoms with Gasteiger partial charge in [0, 0.05) is 31.1 Å². The van der Waals surface area contributed by atoms with Crippen molar-refractivity contribution >= 4 is 23.4 Å². The summed E-state index contributed by atoms with van der Waals surface area (Å²) < 4.78 is 10.4. The lowest BCUT2D eigenvalue weighted by Crippen LogP contribution is -2.55. The Morgan fingerprint density at radius 3 is 2.07 bits per heavy atom. The smallest absolute Gasteiger partial charge is 0.317 e. The van der Waals surface area contributed by atoms with Crippen LogP contribution in [0.5, 0.6) is 0 Å².